The van der Waals surface area contributed by atoms with Gasteiger partial charge in [-0.3, -0.25) is 14.3 Å². The van der Waals surface area contributed by atoms with Crippen LogP contribution in [0.3, 0.4) is 0 Å². The van der Waals surface area contributed by atoms with E-state index in [1.165, 1.54) is 0 Å². The van der Waals surface area contributed by atoms with Gasteiger partial charge >= 0.3 is 5.69 Å². The van der Waals surface area contributed by atoms with Crippen LogP contribution < -0.4 is 11.2 Å². The van der Waals surface area contributed by atoms with Gasteiger partial charge in [-0.1, -0.05) is 41.5 Å². The van der Waals surface area contributed by atoms with Gasteiger partial charge in [0.1, 0.15) is 5.65 Å². The molecule has 2 aromatic heterocycles. The zero-order valence-electron chi connectivity index (χ0n) is 14.2. The Morgan fingerprint density at radius 1 is 1.09 bits per heavy atom. The number of H-pyrrole nitrogens is 1. The predicted octanol–water partition coefficient (Wildman–Crippen LogP) is 2.99. The van der Waals surface area contributed by atoms with Crippen LogP contribution in [-0.2, 0) is 6.54 Å². The van der Waals surface area contributed by atoms with Gasteiger partial charge in [0.25, 0.3) is 5.56 Å². The maximum absolute atomic E-state index is 12.3. The third-order valence-corrected chi connectivity index (χ3v) is 3.76. The summed E-state index contributed by atoms with van der Waals surface area (Å²) in [6.45, 7) is 12.9. The SMILES string of the molecule is CC(C)Cn1c(=O)[nH]c(=O)c2c(C(C)C)cc(C(C)C)nc21. The quantitative estimate of drug-likeness (QED) is 0.944. The highest BCUT2D eigenvalue weighted by molar-refractivity contribution is 5.79. The Morgan fingerprint density at radius 3 is 2.23 bits per heavy atom. The maximum atomic E-state index is 12.3. The number of pyridine rings is 1. The van der Waals surface area contributed by atoms with Gasteiger partial charge in [-0.05, 0) is 29.4 Å². The Hall–Kier alpha value is -1.91. The molecular formula is C17H25N3O2. The lowest BCUT2D eigenvalue weighted by Gasteiger charge is -2.17. The lowest BCUT2D eigenvalue weighted by molar-refractivity contribution is 0.512. The molecule has 0 unspecified atom stereocenters. The van der Waals surface area contributed by atoms with Gasteiger partial charge in [0.05, 0.1) is 5.39 Å². The van der Waals surface area contributed by atoms with Crippen molar-refractivity contribution >= 4 is 11.0 Å². The Morgan fingerprint density at radius 2 is 1.73 bits per heavy atom. The number of hydrogen-bond acceptors (Lipinski definition) is 3. The van der Waals surface area contributed by atoms with Crippen molar-refractivity contribution in [3.05, 3.63) is 38.2 Å². The van der Waals surface area contributed by atoms with Crippen molar-refractivity contribution in [2.24, 2.45) is 5.92 Å². The number of hydrogen-bond donors (Lipinski definition) is 1. The van der Waals surface area contributed by atoms with Crippen molar-refractivity contribution in [1.82, 2.24) is 14.5 Å². The first-order valence-corrected chi connectivity index (χ1v) is 7.90. The summed E-state index contributed by atoms with van der Waals surface area (Å²) in [4.78, 5) is 31.6. The fraction of sp³-hybridized carbons (Fsp3) is 0.588. The predicted molar refractivity (Wildman–Crippen MR) is 89.6 cm³/mol. The Bertz CT molecular complexity index is 798. The molecule has 0 fully saturated rings. The topological polar surface area (TPSA) is 67.8 Å². The first kappa shape index (κ1) is 16.5. The molecular weight excluding hydrogens is 278 g/mol. The molecule has 2 heterocycles. The van der Waals surface area contributed by atoms with E-state index in [1.807, 2.05) is 19.9 Å². The van der Waals surface area contributed by atoms with Crippen molar-refractivity contribution in [3.8, 4) is 0 Å². The van der Waals surface area contributed by atoms with Crippen LogP contribution in [0.4, 0.5) is 0 Å². The summed E-state index contributed by atoms with van der Waals surface area (Å²) in [7, 11) is 0. The van der Waals surface area contributed by atoms with Crippen LogP contribution in [0.25, 0.3) is 11.0 Å². The summed E-state index contributed by atoms with van der Waals surface area (Å²) in [5.41, 5.74) is 1.66. The molecule has 0 saturated heterocycles. The van der Waals surface area contributed by atoms with E-state index in [2.05, 4.69) is 37.7 Å². The molecule has 0 aliphatic heterocycles. The van der Waals surface area contributed by atoms with Gasteiger partial charge < -0.3 is 0 Å². The summed E-state index contributed by atoms with van der Waals surface area (Å²) >= 11 is 0. The van der Waals surface area contributed by atoms with E-state index in [4.69, 9.17) is 0 Å². The highest BCUT2D eigenvalue weighted by Gasteiger charge is 2.18. The average molecular weight is 303 g/mol. The lowest BCUT2D eigenvalue weighted by atomic mass is 9.97. The van der Waals surface area contributed by atoms with Gasteiger partial charge in [-0.2, -0.15) is 0 Å². The fourth-order valence-electron chi connectivity index (χ4n) is 2.61. The third kappa shape index (κ3) is 2.98. The Labute approximate surface area is 130 Å². The highest BCUT2D eigenvalue weighted by Crippen LogP contribution is 2.25. The van der Waals surface area contributed by atoms with Crippen molar-refractivity contribution in [2.75, 3.05) is 0 Å². The number of rotatable bonds is 4. The van der Waals surface area contributed by atoms with Gasteiger partial charge in [0, 0.05) is 12.2 Å². The Balaban J connectivity index is 2.97. The molecule has 5 heteroatoms. The molecule has 2 aromatic rings. The van der Waals surface area contributed by atoms with Crippen LogP contribution >= 0.6 is 0 Å². The van der Waals surface area contributed by atoms with E-state index in [-0.39, 0.29) is 23.1 Å². The molecule has 1 N–H and O–H groups in total. The second kappa shape index (κ2) is 6.07. The number of aromatic amines is 1. The van der Waals surface area contributed by atoms with Crippen molar-refractivity contribution < 1.29 is 0 Å². The molecule has 0 aromatic carbocycles. The van der Waals surface area contributed by atoms with Gasteiger partial charge in [0.15, 0.2) is 0 Å². The normalized spacial score (nSPS) is 12.0. The number of aromatic nitrogens is 3. The van der Waals surface area contributed by atoms with E-state index < -0.39 is 0 Å². The molecule has 22 heavy (non-hydrogen) atoms. The summed E-state index contributed by atoms with van der Waals surface area (Å²) < 4.78 is 1.60. The first-order chi connectivity index (χ1) is 10.2. The standard InChI is InChI=1S/C17H25N3O2/c1-9(2)8-20-15-14(16(21)19-17(20)22)12(10(3)4)7-13(18-15)11(5)6/h7,9-11H,8H2,1-6H3,(H,19,21,22). The minimum absolute atomic E-state index is 0.189. The lowest BCUT2D eigenvalue weighted by Crippen LogP contribution is -2.33. The van der Waals surface area contributed by atoms with Crippen LogP contribution in [0, 0.1) is 5.92 Å². The number of fused-ring (bicyclic) bond motifs is 1. The minimum Gasteiger partial charge on any atom is -0.277 e. The van der Waals surface area contributed by atoms with Crippen molar-refractivity contribution in [3.63, 3.8) is 0 Å². The zero-order valence-corrected chi connectivity index (χ0v) is 14.2. The van der Waals surface area contributed by atoms with Gasteiger partial charge in [0.2, 0.25) is 0 Å². The molecule has 0 spiro atoms. The minimum atomic E-state index is -0.380. The first-order valence-electron chi connectivity index (χ1n) is 7.90. The van der Waals surface area contributed by atoms with Gasteiger partial charge in [-0.15, -0.1) is 0 Å². The second-order valence-electron chi connectivity index (χ2n) is 6.91. The van der Waals surface area contributed by atoms with Crippen LogP contribution in [0.2, 0.25) is 0 Å². The highest BCUT2D eigenvalue weighted by atomic mass is 16.2. The monoisotopic (exact) mass is 303 g/mol. The molecule has 0 amide bonds. The van der Waals surface area contributed by atoms with Crippen LogP contribution in [0.5, 0.6) is 0 Å². The number of nitrogens with one attached hydrogen (secondary N) is 1. The molecule has 5 nitrogen and oxygen atoms in total. The average Bonchev–Trinajstić information content (AvgIpc) is 2.41. The fourth-order valence-corrected chi connectivity index (χ4v) is 2.61. The van der Waals surface area contributed by atoms with E-state index in [1.54, 1.807) is 4.57 Å². The van der Waals surface area contributed by atoms with E-state index in [0.29, 0.717) is 23.5 Å². The number of nitrogens with zero attached hydrogens (tertiary/aromatic N) is 2. The summed E-state index contributed by atoms with van der Waals surface area (Å²) in [6.07, 6.45) is 0. The van der Waals surface area contributed by atoms with E-state index in [0.717, 1.165) is 11.3 Å². The van der Waals surface area contributed by atoms with Crippen LogP contribution in [0.15, 0.2) is 15.7 Å². The molecule has 0 bridgehead atoms. The molecule has 0 aliphatic rings. The zero-order chi connectivity index (χ0) is 16.6. The summed E-state index contributed by atoms with van der Waals surface area (Å²) in [5, 5.41) is 0.541. The molecule has 0 atom stereocenters. The van der Waals surface area contributed by atoms with Crippen LogP contribution in [0.1, 0.15) is 64.6 Å². The Kier molecular flexibility index (Phi) is 4.54. The maximum Gasteiger partial charge on any atom is 0.330 e. The molecule has 0 aliphatic carbocycles. The van der Waals surface area contributed by atoms with Crippen LogP contribution in [-0.4, -0.2) is 14.5 Å². The summed E-state index contributed by atoms with van der Waals surface area (Å²) in [5.74, 6) is 0.719. The third-order valence-electron chi connectivity index (χ3n) is 3.76. The van der Waals surface area contributed by atoms with E-state index >= 15 is 0 Å². The van der Waals surface area contributed by atoms with E-state index in [9.17, 15) is 9.59 Å². The molecule has 2 rings (SSSR count). The van der Waals surface area contributed by atoms with Crippen molar-refractivity contribution in [2.45, 2.75) is 59.9 Å². The van der Waals surface area contributed by atoms with Crippen molar-refractivity contribution in [1.29, 1.82) is 0 Å². The molecule has 0 saturated carbocycles. The smallest absolute Gasteiger partial charge is 0.277 e. The molecule has 0 radical (unpaired) electrons. The van der Waals surface area contributed by atoms with Gasteiger partial charge in [-0.25, -0.2) is 9.78 Å². The summed E-state index contributed by atoms with van der Waals surface area (Å²) in [6, 6.07) is 2.00. The molecule has 120 valence electrons. The largest absolute Gasteiger partial charge is 0.330 e. The second-order valence-corrected chi connectivity index (χ2v) is 6.91.